The van der Waals surface area contributed by atoms with Crippen LogP contribution in [0.4, 0.5) is 5.69 Å². The van der Waals surface area contributed by atoms with Crippen molar-refractivity contribution in [3.63, 3.8) is 0 Å². The molecule has 1 aliphatic rings. The van der Waals surface area contributed by atoms with Gasteiger partial charge in [0.2, 0.25) is 17.6 Å². The first kappa shape index (κ1) is 21.7. The lowest BCUT2D eigenvalue weighted by molar-refractivity contribution is -0.120. The Morgan fingerprint density at radius 2 is 2.03 bits per heavy atom. The zero-order chi connectivity index (χ0) is 22.0. The average Bonchev–Trinajstić information content (AvgIpc) is 3.45. The normalized spacial score (nSPS) is 15.8. The van der Waals surface area contributed by atoms with E-state index in [1.54, 1.807) is 11.4 Å². The second-order valence-electron chi connectivity index (χ2n) is 7.50. The third kappa shape index (κ3) is 4.56. The van der Waals surface area contributed by atoms with Crippen molar-refractivity contribution < 1.29 is 17.7 Å². The molecule has 31 heavy (non-hydrogen) atoms. The lowest BCUT2D eigenvalue weighted by Crippen LogP contribution is -2.41. The van der Waals surface area contributed by atoms with Crippen LogP contribution in [0.25, 0.3) is 11.4 Å². The molecule has 3 aromatic rings. The van der Waals surface area contributed by atoms with Gasteiger partial charge in [-0.3, -0.25) is 4.79 Å². The molecule has 10 heteroatoms. The second kappa shape index (κ2) is 8.89. The van der Waals surface area contributed by atoms with Gasteiger partial charge in [0.15, 0.2) is 0 Å². The van der Waals surface area contributed by atoms with Crippen LogP contribution in [0, 0.1) is 12.8 Å². The number of sulfonamides is 1. The Morgan fingerprint density at radius 3 is 2.71 bits per heavy atom. The van der Waals surface area contributed by atoms with Crippen molar-refractivity contribution >= 4 is 33.0 Å². The molecule has 0 spiro atoms. The number of carbonyl (C=O) groups excluding carboxylic acids is 1. The third-order valence-electron chi connectivity index (χ3n) is 5.43. The standard InChI is InChI=1S/C21H24N4O4S2/c1-3-18-23-20(24-29-18)16-12-19(30-13-16)31(27,28)25-10-8-15(9-11-25)21(26)22-17-7-5-4-6-14(17)2/h4-7,12-13,15H,3,8-11H2,1-2H3,(H,22,26). The molecule has 1 amide bonds. The van der Waals surface area contributed by atoms with Gasteiger partial charge in [-0.2, -0.15) is 9.29 Å². The zero-order valence-electron chi connectivity index (χ0n) is 17.4. The van der Waals surface area contributed by atoms with E-state index in [0.717, 1.165) is 22.6 Å². The fourth-order valence-electron chi connectivity index (χ4n) is 3.52. The molecular weight excluding hydrogens is 436 g/mol. The summed E-state index contributed by atoms with van der Waals surface area (Å²) in [4.78, 5) is 16.9. The highest BCUT2D eigenvalue weighted by atomic mass is 32.2. The lowest BCUT2D eigenvalue weighted by Gasteiger charge is -2.30. The Balaban J connectivity index is 1.40. The van der Waals surface area contributed by atoms with E-state index in [1.807, 2.05) is 38.1 Å². The van der Waals surface area contributed by atoms with Crippen LogP contribution in [0.3, 0.4) is 0 Å². The van der Waals surface area contributed by atoms with Gasteiger partial charge in [0.1, 0.15) is 4.21 Å². The van der Waals surface area contributed by atoms with Crippen molar-refractivity contribution in [2.75, 3.05) is 18.4 Å². The molecule has 1 saturated heterocycles. The number of hydrogen-bond donors (Lipinski definition) is 1. The molecule has 8 nitrogen and oxygen atoms in total. The molecular formula is C21H24N4O4S2. The molecule has 1 fully saturated rings. The van der Waals surface area contributed by atoms with E-state index in [-0.39, 0.29) is 16.0 Å². The topological polar surface area (TPSA) is 105 Å². The van der Waals surface area contributed by atoms with Crippen LogP contribution in [0.1, 0.15) is 31.2 Å². The molecule has 0 saturated carbocycles. The smallest absolute Gasteiger partial charge is 0.252 e. The van der Waals surface area contributed by atoms with E-state index in [9.17, 15) is 13.2 Å². The van der Waals surface area contributed by atoms with Gasteiger partial charge in [-0.15, -0.1) is 11.3 Å². The number of amides is 1. The number of thiophene rings is 1. The van der Waals surface area contributed by atoms with Gasteiger partial charge in [0.25, 0.3) is 10.0 Å². The van der Waals surface area contributed by atoms with E-state index in [0.29, 0.717) is 49.6 Å². The van der Waals surface area contributed by atoms with Crippen LogP contribution >= 0.6 is 11.3 Å². The summed E-state index contributed by atoms with van der Waals surface area (Å²) in [5.41, 5.74) is 2.41. The van der Waals surface area contributed by atoms with Crippen LogP contribution < -0.4 is 5.32 Å². The summed E-state index contributed by atoms with van der Waals surface area (Å²) < 4.78 is 33.0. The van der Waals surface area contributed by atoms with Crippen molar-refractivity contribution in [2.45, 2.75) is 37.3 Å². The maximum absolute atomic E-state index is 13.1. The molecule has 4 rings (SSSR count). The number of piperidine rings is 1. The number of rotatable bonds is 6. The summed E-state index contributed by atoms with van der Waals surface area (Å²) in [6.07, 6.45) is 1.59. The number of aromatic nitrogens is 2. The SMILES string of the molecule is CCc1nc(-c2csc(S(=O)(=O)N3CCC(C(=O)Nc4ccccc4C)CC3)c2)no1. The van der Waals surface area contributed by atoms with E-state index >= 15 is 0 Å². The Bertz CT molecular complexity index is 1180. The zero-order valence-corrected chi connectivity index (χ0v) is 19.0. The fourth-order valence-corrected chi connectivity index (χ4v) is 6.30. The van der Waals surface area contributed by atoms with Gasteiger partial charge >= 0.3 is 0 Å². The monoisotopic (exact) mass is 460 g/mol. The van der Waals surface area contributed by atoms with Crippen LogP contribution in [0.15, 0.2) is 44.4 Å². The van der Waals surface area contributed by atoms with Gasteiger partial charge < -0.3 is 9.84 Å². The number of nitrogens with zero attached hydrogens (tertiary/aromatic N) is 3. The number of benzene rings is 1. The Labute approximate surface area is 185 Å². The van der Waals surface area contributed by atoms with Crippen molar-refractivity contribution in [1.82, 2.24) is 14.4 Å². The number of para-hydroxylation sites is 1. The highest BCUT2D eigenvalue weighted by molar-refractivity contribution is 7.91. The summed E-state index contributed by atoms with van der Waals surface area (Å²) in [5, 5.41) is 8.59. The Kier molecular flexibility index (Phi) is 6.22. The van der Waals surface area contributed by atoms with Crippen molar-refractivity contribution in [3.05, 3.63) is 47.2 Å². The van der Waals surface area contributed by atoms with E-state index < -0.39 is 10.0 Å². The highest BCUT2D eigenvalue weighted by Gasteiger charge is 2.33. The third-order valence-corrected chi connectivity index (χ3v) is 8.74. The van der Waals surface area contributed by atoms with Gasteiger partial charge in [0, 0.05) is 42.1 Å². The molecule has 1 aliphatic heterocycles. The summed E-state index contributed by atoms with van der Waals surface area (Å²) >= 11 is 1.14. The van der Waals surface area contributed by atoms with Crippen LogP contribution in [0.5, 0.6) is 0 Å². The Hall–Kier alpha value is -2.56. The molecule has 1 N–H and O–H groups in total. The molecule has 0 bridgehead atoms. The fraction of sp³-hybridized carbons (Fsp3) is 0.381. The average molecular weight is 461 g/mol. The lowest BCUT2D eigenvalue weighted by atomic mass is 9.97. The number of carbonyl (C=O) groups is 1. The number of hydrogen-bond acceptors (Lipinski definition) is 7. The maximum atomic E-state index is 13.1. The quantitative estimate of drug-likeness (QED) is 0.601. The largest absolute Gasteiger partial charge is 0.339 e. The van der Waals surface area contributed by atoms with Crippen molar-refractivity contribution in [1.29, 1.82) is 0 Å². The van der Waals surface area contributed by atoms with Crippen molar-refractivity contribution in [2.24, 2.45) is 5.92 Å². The Morgan fingerprint density at radius 1 is 1.29 bits per heavy atom. The minimum absolute atomic E-state index is 0.0615. The van der Waals surface area contributed by atoms with Gasteiger partial charge in [-0.1, -0.05) is 30.3 Å². The molecule has 1 aromatic carbocycles. The van der Waals surface area contributed by atoms with Gasteiger partial charge in [0.05, 0.1) is 0 Å². The minimum atomic E-state index is -3.63. The summed E-state index contributed by atoms with van der Waals surface area (Å²) in [6, 6.07) is 9.20. The first-order chi connectivity index (χ1) is 14.9. The molecule has 0 radical (unpaired) electrons. The van der Waals surface area contributed by atoms with Gasteiger partial charge in [-0.05, 0) is 37.5 Å². The first-order valence-corrected chi connectivity index (χ1v) is 12.5. The molecule has 2 aromatic heterocycles. The van der Waals surface area contributed by atoms with Gasteiger partial charge in [-0.25, -0.2) is 8.42 Å². The van der Waals surface area contributed by atoms with E-state index in [1.165, 1.54) is 4.31 Å². The molecule has 0 aliphatic carbocycles. The number of aryl methyl sites for hydroxylation is 2. The number of nitrogens with one attached hydrogen (secondary N) is 1. The summed E-state index contributed by atoms with van der Waals surface area (Å²) in [5.74, 6) is 0.628. The number of anilines is 1. The molecule has 164 valence electrons. The van der Waals surface area contributed by atoms with Crippen molar-refractivity contribution in [3.8, 4) is 11.4 Å². The summed E-state index contributed by atoms with van der Waals surface area (Å²) in [7, 11) is -3.63. The molecule has 0 unspecified atom stereocenters. The second-order valence-corrected chi connectivity index (χ2v) is 10.6. The highest BCUT2D eigenvalue weighted by Crippen LogP contribution is 2.31. The first-order valence-electron chi connectivity index (χ1n) is 10.2. The molecule has 3 heterocycles. The predicted molar refractivity (Wildman–Crippen MR) is 118 cm³/mol. The minimum Gasteiger partial charge on any atom is -0.339 e. The van der Waals surface area contributed by atoms with Crippen LogP contribution in [-0.2, 0) is 21.2 Å². The van der Waals surface area contributed by atoms with Crippen LogP contribution in [0.2, 0.25) is 0 Å². The molecule has 0 atom stereocenters. The predicted octanol–water partition coefficient (Wildman–Crippen LogP) is 3.71. The summed E-state index contributed by atoms with van der Waals surface area (Å²) in [6.45, 7) is 4.47. The van der Waals surface area contributed by atoms with Crippen LogP contribution in [-0.4, -0.2) is 41.9 Å². The van der Waals surface area contributed by atoms with E-state index in [2.05, 4.69) is 15.5 Å². The van der Waals surface area contributed by atoms with E-state index in [4.69, 9.17) is 4.52 Å². The maximum Gasteiger partial charge on any atom is 0.252 e.